The molecule has 2 aromatic rings. The van der Waals surface area contributed by atoms with Crippen molar-refractivity contribution in [3.8, 4) is 0 Å². The molecule has 9 heteroatoms. The number of hydrogen-bond donors (Lipinski definition) is 0. The quantitative estimate of drug-likeness (QED) is 0.581. The summed E-state index contributed by atoms with van der Waals surface area (Å²) in [7, 11) is 0. The number of anilines is 2. The van der Waals surface area contributed by atoms with E-state index in [2.05, 4.69) is 31.7 Å². The molecule has 1 aliphatic heterocycles. The molecule has 7 nitrogen and oxygen atoms in total. The van der Waals surface area contributed by atoms with Crippen molar-refractivity contribution in [2.45, 2.75) is 19.9 Å². The van der Waals surface area contributed by atoms with Gasteiger partial charge < -0.3 is 14.5 Å². The van der Waals surface area contributed by atoms with Gasteiger partial charge in [0.2, 0.25) is 0 Å². The van der Waals surface area contributed by atoms with Crippen molar-refractivity contribution >= 4 is 40.8 Å². The number of ether oxygens (including phenoxy) is 1. The van der Waals surface area contributed by atoms with Gasteiger partial charge >= 0.3 is 5.97 Å². The topological polar surface area (TPSA) is 71.5 Å². The fraction of sp³-hybridized carbons (Fsp3) is 0.412. The molecule has 3 rings (SSSR count). The molecule has 0 spiro atoms. The van der Waals surface area contributed by atoms with Crippen LogP contribution in [0.1, 0.15) is 24.2 Å². The largest absolute Gasteiger partial charge is 0.462 e. The maximum atomic E-state index is 11.8. The fourth-order valence-corrected chi connectivity index (χ4v) is 3.39. The Balaban J connectivity index is 1.73. The van der Waals surface area contributed by atoms with Gasteiger partial charge in [-0.1, -0.05) is 23.2 Å². The first-order valence-electron chi connectivity index (χ1n) is 8.31. The number of hydrogen-bond acceptors (Lipinski definition) is 7. The van der Waals surface area contributed by atoms with Crippen molar-refractivity contribution in [2.75, 3.05) is 36.0 Å². The molecule has 1 fully saturated rings. The van der Waals surface area contributed by atoms with Gasteiger partial charge in [0.05, 0.1) is 17.2 Å². The van der Waals surface area contributed by atoms with Crippen LogP contribution in [0, 0.1) is 0 Å². The number of pyridine rings is 1. The molecule has 1 atom stereocenters. The highest BCUT2D eigenvalue weighted by molar-refractivity contribution is 6.33. The highest BCUT2D eigenvalue weighted by Gasteiger charge is 2.27. The molecule has 1 unspecified atom stereocenters. The van der Waals surface area contributed by atoms with Crippen molar-refractivity contribution < 1.29 is 9.53 Å². The van der Waals surface area contributed by atoms with Crippen LogP contribution in [-0.4, -0.2) is 53.2 Å². The number of piperazine rings is 1. The number of carbonyl (C=O) groups excluding carboxylic acids is 1. The van der Waals surface area contributed by atoms with E-state index in [0.29, 0.717) is 34.7 Å². The van der Waals surface area contributed by atoms with Gasteiger partial charge in [-0.3, -0.25) is 0 Å². The predicted octanol–water partition coefficient (Wildman–Crippen LogP) is 3.07. The second-order valence-corrected chi connectivity index (χ2v) is 6.73. The molecule has 0 saturated carbocycles. The SMILES string of the molecule is CCOC(=O)c1cnc(N2CCN(c3cc(Cl)ncn3)C(C)C2)c(Cl)c1. The first kappa shape index (κ1) is 18.7. The lowest BCUT2D eigenvalue weighted by atomic mass is 10.2. The average Bonchev–Trinajstić information content (AvgIpc) is 2.61. The summed E-state index contributed by atoms with van der Waals surface area (Å²) in [6, 6.07) is 3.54. The molecule has 26 heavy (non-hydrogen) atoms. The minimum Gasteiger partial charge on any atom is -0.462 e. The van der Waals surface area contributed by atoms with E-state index in [4.69, 9.17) is 27.9 Å². The van der Waals surface area contributed by atoms with Crippen LogP contribution in [0.3, 0.4) is 0 Å². The zero-order chi connectivity index (χ0) is 18.7. The summed E-state index contributed by atoms with van der Waals surface area (Å²) in [5, 5.41) is 0.852. The van der Waals surface area contributed by atoms with Crippen LogP contribution < -0.4 is 9.80 Å². The second-order valence-electron chi connectivity index (χ2n) is 5.94. The zero-order valence-corrected chi connectivity index (χ0v) is 16.0. The molecule has 1 aliphatic rings. The summed E-state index contributed by atoms with van der Waals surface area (Å²) in [5.41, 5.74) is 0.350. The van der Waals surface area contributed by atoms with Crippen LogP contribution in [0.25, 0.3) is 0 Å². The molecule has 0 aromatic carbocycles. The molecule has 0 aliphatic carbocycles. The number of esters is 1. The van der Waals surface area contributed by atoms with Gasteiger partial charge in [0.25, 0.3) is 0 Å². The highest BCUT2D eigenvalue weighted by Crippen LogP contribution is 2.28. The first-order chi connectivity index (χ1) is 12.5. The molecule has 3 heterocycles. The maximum Gasteiger partial charge on any atom is 0.339 e. The van der Waals surface area contributed by atoms with E-state index in [-0.39, 0.29) is 6.04 Å². The summed E-state index contributed by atoms with van der Waals surface area (Å²) in [6.45, 7) is 6.34. The minimum absolute atomic E-state index is 0.178. The Kier molecular flexibility index (Phi) is 5.78. The lowest BCUT2D eigenvalue weighted by Gasteiger charge is -2.41. The molecule has 0 N–H and O–H groups in total. The normalized spacial score (nSPS) is 17.3. The maximum absolute atomic E-state index is 11.8. The molecule has 1 saturated heterocycles. The van der Waals surface area contributed by atoms with Crippen molar-refractivity contribution in [1.29, 1.82) is 0 Å². The Hall–Kier alpha value is -2.12. The van der Waals surface area contributed by atoms with E-state index in [1.54, 1.807) is 19.1 Å². The Morgan fingerprint density at radius 2 is 2.08 bits per heavy atom. The predicted molar refractivity (Wildman–Crippen MR) is 101 cm³/mol. The van der Waals surface area contributed by atoms with Crippen LogP contribution in [0.4, 0.5) is 11.6 Å². The summed E-state index contributed by atoms with van der Waals surface area (Å²) in [4.78, 5) is 28.7. The third-order valence-corrected chi connectivity index (χ3v) is 4.66. The van der Waals surface area contributed by atoms with Crippen LogP contribution >= 0.6 is 23.2 Å². The molecule has 138 valence electrons. The van der Waals surface area contributed by atoms with Gasteiger partial charge in [0.1, 0.15) is 23.1 Å². The smallest absolute Gasteiger partial charge is 0.339 e. The van der Waals surface area contributed by atoms with E-state index in [1.165, 1.54) is 12.5 Å². The van der Waals surface area contributed by atoms with Gasteiger partial charge in [0.15, 0.2) is 0 Å². The van der Waals surface area contributed by atoms with E-state index in [0.717, 1.165) is 18.9 Å². The summed E-state index contributed by atoms with van der Waals surface area (Å²) in [6.07, 6.45) is 2.96. The van der Waals surface area contributed by atoms with Crippen molar-refractivity contribution in [3.05, 3.63) is 40.4 Å². The Morgan fingerprint density at radius 3 is 2.73 bits per heavy atom. The fourth-order valence-electron chi connectivity index (χ4n) is 2.96. The second kappa shape index (κ2) is 8.05. The molecule has 2 aromatic heterocycles. The monoisotopic (exact) mass is 395 g/mol. The number of nitrogens with zero attached hydrogens (tertiary/aromatic N) is 5. The Labute approximate surface area is 161 Å². The standard InChI is InChI=1S/C17H19Cl2N5O2/c1-3-26-17(25)12-6-13(18)16(20-8-12)23-4-5-24(11(2)9-23)15-7-14(19)21-10-22-15/h6-8,10-11H,3-5,9H2,1-2H3. The number of carbonyl (C=O) groups is 1. The van der Waals surface area contributed by atoms with Gasteiger partial charge in [-0.2, -0.15) is 0 Å². The van der Waals surface area contributed by atoms with Crippen molar-refractivity contribution in [3.63, 3.8) is 0 Å². The Bertz CT molecular complexity index is 804. The highest BCUT2D eigenvalue weighted by atomic mass is 35.5. The van der Waals surface area contributed by atoms with E-state index >= 15 is 0 Å². The van der Waals surface area contributed by atoms with E-state index in [1.807, 2.05) is 0 Å². The minimum atomic E-state index is -0.424. The van der Waals surface area contributed by atoms with Gasteiger partial charge in [-0.15, -0.1) is 0 Å². The zero-order valence-electron chi connectivity index (χ0n) is 14.5. The van der Waals surface area contributed by atoms with E-state index < -0.39 is 5.97 Å². The number of aromatic nitrogens is 3. The molecular formula is C17H19Cl2N5O2. The molecular weight excluding hydrogens is 377 g/mol. The van der Waals surface area contributed by atoms with Crippen molar-refractivity contribution in [1.82, 2.24) is 15.0 Å². The van der Waals surface area contributed by atoms with Crippen LogP contribution in [0.5, 0.6) is 0 Å². The molecule has 0 amide bonds. The van der Waals surface area contributed by atoms with Crippen LogP contribution in [-0.2, 0) is 4.74 Å². The van der Waals surface area contributed by atoms with Crippen molar-refractivity contribution in [2.24, 2.45) is 0 Å². The van der Waals surface area contributed by atoms with Gasteiger partial charge in [0, 0.05) is 37.9 Å². The molecule has 0 radical (unpaired) electrons. The molecule has 0 bridgehead atoms. The van der Waals surface area contributed by atoms with Crippen LogP contribution in [0.2, 0.25) is 10.2 Å². The first-order valence-corrected chi connectivity index (χ1v) is 9.07. The Morgan fingerprint density at radius 1 is 1.27 bits per heavy atom. The van der Waals surface area contributed by atoms with Gasteiger partial charge in [-0.05, 0) is 19.9 Å². The van der Waals surface area contributed by atoms with Gasteiger partial charge in [-0.25, -0.2) is 19.7 Å². The van der Waals surface area contributed by atoms with E-state index in [9.17, 15) is 4.79 Å². The summed E-state index contributed by atoms with van der Waals surface area (Å²) >= 11 is 12.3. The average molecular weight is 396 g/mol. The summed E-state index contributed by atoms with van der Waals surface area (Å²) in [5.74, 6) is 1.04. The summed E-state index contributed by atoms with van der Waals surface area (Å²) < 4.78 is 4.98. The van der Waals surface area contributed by atoms with Crippen LogP contribution in [0.15, 0.2) is 24.7 Å². The lowest BCUT2D eigenvalue weighted by molar-refractivity contribution is 0.0526. The lowest BCUT2D eigenvalue weighted by Crippen LogP contribution is -2.52. The third kappa shape index (κ3) is 3.99. The number of halogens is 2. The number of rotatable bonds is 4. The third-order valence-electron chi connectivity index (χ3n) is 4.17.